The number of anilines is 3. The normalized spacial score (nSPS) is 13.2. The van der Waals surface area contributed by atoms with E-state index in [1.807, 2.05) is 18.2 Å². The lowest BCUT2D eigenvalue weighted by Crippen LogP contribution is -2.41. The molecule has 4 aromatic rings. The van der Waals surface area contributed by atoms with Gasteiger partial charge in [0.25, 0.3) is 5.91 Å². The van der Waals surface area contributed by atoms with Crippen LogP contribution in [0.25, 0.3) is 10.8 Å². The van der Waals surface area contributed by atoms with Crippen molar-refractivity contribution in [2.24, 2.45) is 0 Å². The fourth-order valence-corrected chi connectivity index (χ4v) is 4.45. The molecule has 4 N–H and O–H groups in total. The molecule has 0 bridgehead atoms. The van der Waals surface area contributed by atoms with E-state index in [0.717, 1.165) is 19.6 Å². The summed E-state index contributed by atoms with van der Waals surface area (Å²) in [7, 11) is 0. The largest absolute Gasteiger partial charge is 0.465 e. The second kappa shape index (κ2) is 12.8. The lowest BCUT2D eigenvalue weighted by molar-refractivity contribution is 0.0383. The van der Waals surface area contributed by atoms with Gasteiger partial charge in [0.1, 0.15) is 5.75 Å². The first kappa shape index (κ1) is 27.4. The lowest BCUT2D eigenvalue weighted by atomic mass is 10.1. The molecule has 0 atom stereocenters. The molecule has 5 rings (SSSR count). The third kappa shape index (κ3) is 7.07. The Hall–Kier alpha value is -5.18. The molecular weight excluding hydrogens is 524 g/mol. The number of rotatable bonds is 9. The minimum atomic E-state index is -1.15. The Morgan fingerprint density at radius 2 is 1.88 bits per heavy atom. The number of carbonyl (C=O) groups is 2. The number of benzene rings is 3. The van der Waals surface area contributed by atoms with Gasteiger partial charge in [0, 0.05) is 66.0 Å². The molecule has 0 saturated carbocycles. The summed E-state index contributed by atoms with van der Waals surface area (Å²) in [6.45, 7) is 4.35. The standard InChI is InChI=1S/C30H28N6O5/c1-2-20-17-21(28(37)31-11-12-36-13-15-40-16-14-36)19-22(18-20)33-29-32-10-9-27(35-29)41-26-8-7-25(34-30(38)39)23-5-3-4-6-24(23)26/h1,3-10,17-19,34H,11-16H2,(H,31,37)(H,38,39)(H,32,33,35). The van der Waals surface area contributed by atoms with Crippen molar-refractivity contribution in [2.45, 2.75) is 0 Å². The highest BCUT2D eigenvalue weighted by molar-refractivity contribution is 6.02. The van der Waals surface area contributed by atoms with E-state index in [4.69, 9.17) is 21.0 Å². The van der Waals surface area contributed by atoms with Crippen molar-refractivity contribution >= 4 is 40.1 Å². The highest BCUT2D eigenvalue weighted by Gasteiger charge is 2.14. The summed E-state index contributed by atoms with van der Waals surface area (Å²) >= 11 is 0. The molecule has 1 aliphatic heterocycles. The lowest BCUT2D eigenvalue weighted by Gasteiger charge is -2.26. The van der Waals surface area contributed by atoms with Crippen LogP contribution in [0.3, 0.4) is 0 Å². The number of hydrogen-bond donors (Lipinski definition) is 4. The van der Waals surface area contributed by atoms with E-state index in [1.165, 1.54) is 6.20 Å². The molecule has 11 heteroatoms. The van der Waals surface area contributed by atoms with Crippen LogP contribution in [0.5, 0.6) is 11.6 Å². The van der Waals surface area contributed by atoms with Gasteiger partial charge in [-0.25, -0.2) is 9.78 Å². The van der Waals surface area contributed by atoms with Crippen molar-refractivity contribution in [3.8, 4) is 24.0 Å². The summed E-state index contributed by atoms with van der Waals surface area (Å²) in [5, 5.41) is 19.0. The van der Waals surface area contributed by atoms with Gasteiger partial charge in [0.15, 0.2) is 0 Å². The summed E-state index contributed by atoms with van der Waals surface area (Å²) in [6.07, 6.45) is 6.04. The Morgan fingerprint density at radius 3 is 2.66 bits per heavy atom. The zero-order valence-electron chi connectivity index (χ0n) is 22.1. The molecule has 0 unspecified atom stereocenters. The fourth-order valence-electron chi connectivity index (χ4n) is 4.45. The number of amides is 2. The van der Waals surface area contributed by atoms with Gasteiger partial charge in [-0.2, -0.15) is 4.98 Å². The zero-order chi connectivity index (χ0) is 28.6. The van der Waals surface area contributed by atoms with E-state index < -0.39 is 6.09 Å². The molecule has 2 heterocycles. The molecule has 1 aromatic heterocycles. The number of carboxylic acid groups (broad SMARTS) is 1. The minimum Gasteiger partial charge on any atom is -0.465 e. The number of fused-ring (bicyclic) bond motifs is 1. The van der Waals surface area contributed by atoms with Gasteiger partial charge < -0.3 is 25.2 Å². The third-order valence-corrected chi connectivity index (χ3v) is 6.41. The van der Waals surface area contributed by atoms with Crippen LogP contribution in [0.15, 0.2) is 66.9 Å². The van der Waals surface area contributed by atoms with Gasteiger partial charge in [0.2, 0.25) is 11.8 Å². The number of carbonyl (C=O) groups excluding carboxylic acids is 1. The van der Waals surface area contributed by atoms with Crippen molar-refractivity contribution in [3.05, 3.63) is 78.0 Å². The van der Waals surface area contributed by atoms with E-state index in [0.29, 0.717) is 58.8 Å². The minimum absolute atomic E-state index is 0.232. The smallest absolute Gasteiger partial charge is 0.409 e. The van der Waals surface area contributed by atoms with Crippen LogP contribution in [0.1, 0.15) is 15.9 Å². The highest BCUT2D eigenvalue weighted by Crippen LogP contribution is 2.34. The topological polar surface area (TPSA) is 138 Å². The molecule has 0 aliphatic carbocycles. The van der Waals surface area contributed by atoms with Gasteiger partial charge in [-0.05, 0) is 30.3 Å². The summed E-state index contributed by atoms with van der Waals surface area (Å²) < 4.78 is 11.4. The van der Waals surface area contributed by atoms with Gasteiger partial charge in [-0.3, -0.25) is 15.0 Å². The monoisotopic (exact) mass is 552 g/mol. The van der Waals surface area contributed by atoms with Gasteiger partial charge >= 0.3 is 6.09 Å². The first-order chi connectivity index (χ1) is 20.0. The van der Waals surface area contributed by atoms with Crippen LogP contribution < -0.4 is 20.7 Å². The Morgan fingerprint density at radius 1 is 1.07 bits per heavy atom. The van der Waals surface area contributed by atoms with Gasteiger partial charge in [-0.1, -0.05) is 30.2 Å². The molecule has 1 aliphatic rings. The average molecular weight is 553 g/mol. The Kier molecular flexibility index (Phi) is 8.54. The summed E-state index contributed by atoms with van der Waals surface area (Å²) in [4.78, 5) is 35.0. The average Bonchev–Trinajstić information content (AvgIpc) is 2.98. The van der Waals surface area contributed by atoms with Crippen LogP contribution in [0.4, 0.5) is 22.1 Å². The maximum absolute atomic E-state index is 12.9. The van der Waals surface area contributed by atoms with E-state index in [2.05, 4.69) is 36.7 Å². The molecule has 11 nitrogen and oxygen atoms in total. The Labute approximate surface area is 236 Å². The summed E-state index contributed by atoms with van der Waals surface area (Å²) in [5.41, 5.74) is 1.94. The second-order valence-corrected chi connectivity index (χ2v) is 9.19. The molecule has 3 aromatic carbocycles. The molecule has 1 saturated heterocycles. The van der Waals surface area contributed by atoms with E-state index in [-0.39, 0.29) is 17.7 Å². The number of morpholine rings is 1. The van der Waals surface area contributed by atoms with Crippen LogP contribution in [-0.2, 0) is 4.74 Å². The van der Waals surface area contributed by atoms with Crippen molar-refractivity contribution in [1.29, 1.82) is 0 Å². The number of aromatic nitrogens is 2. The molecule has 0 spiro atoms. The summed E-state index contributed by atoms with van der Waals surface area (Å²) in [5.74, 6) is 3.35. The second-order valence-electron chi connectivity index (χ2n) is 9.19. The van der Waals surface area contributed by atoms with E-state index >= 15 is 0 Å². The van der Waals surface area contributed by atoms with Crippen LogP contribution >= 0.6 is 0 Å². The van der Waals surface area contributed by atoms with Crippen molar-refractivity contribution in [2.75, 3.05) is 50.0 Å². The Bertz CT molecular complexity index is 1610. The van der Waals surface area contributed by atoms with E-state index in [9.17, 15) is 9.59 Å². The summed E-state index contributed by atoms with van der Waals surface area (Å²) in [6, 6.07) is 17.3. The third-order valence-electron chi connectivity index (χ3n) is 6.41. The van der Waals surface area contributed by atoms with Crippen molar-refractivity contribution in [1.82, 2.24) is 20.2 Å². The van der Waals surface area contributed by atoms with Gasteiger partial charge in [-0.15, -0.1) is 6.42 Å². The maximum Gasteiger partial charge on any atom is 0.409 e. The first-order valence-corrected chi connectivity index (χ1v) is 13.0. The van der Waals surface area contributed by atoms with Crippen molar-refractivity contribution < 1.29 is 24.2 Å². The Balaban J connectivity index is 1.30. The fraction of sp³-hybridized carbons (Fsp3) is 0.200. The first-order valence-electron chi connectivity index (χ1n) is 13.0. The number of nitrogens with zero attached hydrogens (tertiary/aromatic N) is 3. The van der Waals surface area contributed by atoms with Crippen LogP contribution in [0, 0.1) is 12.3 Å². The molecule has 2 amide bonds. The van der Waals surface area contributed by atoms with E-state index in [1.54, 1.807) is 42.5 Å². The van der Waals surface area contributed by atoms with Gasteiger partial charge in [0.05, 0.1) is 18.9 Å². The predicted octanol–water partition coefficient (Wildman–Crippen LogP) is 4.30. The number of nitrogens with one attached hydrogen (secondary N) is 3. The predicted molar refractivity (Wildman–Crippen MR) is 155 cm³/mol. The molecule has 0 radical (unpaired) electrons. The number of ether oxygens (including phenoxy) is 2. The molecule has 41 heavy (non-hydrogen) atoms. The molecule has 1 fully saturated rings. The van der Waals surface area contributed by atoms with Crippen LogP contribution in [-0.4, -0.2) is 71.4 Å². The molecule has 208 valence electrons. The number of hydrogen-bond acceptors (Lipinski definition) is 8. The SMILES string of the molecule is C#Cc1cc(Nc2nccc(Oc3ccc(NC(=O)O)c4ccccc34)n2)cc(C(=O)NCCN2CCOCC2)c1. The zero-order valence-corrected chi connectivity index (χ0v) is 22.1. The molecular formula is C30H28N6O5. The maximum atomic E-state index is 12.9. The van der Waals surface area contributed by atoms with Crippen molar-refractivity contribution in [3.63, 3.8) is 0 Å². The number of terminal acetylenes is 1. The highest BCUT2D eigenvalue weighted by atomic mass is 16.5. The van der Waals surface area contributed by atoms with Crippen LogP contribution in [0.2, 0.25) is 0 Å². The quantitative estimate of drug-likeness (QED) is 0.224.